The van der Waals surface area contributed by atoms with Crippen LogP contribution >= 0.6 is 0 Å². The number of aryl methyl sites for hydroxylation is 1. The molecular weight excluding hydrogens is 409 g/mol. The highest BCUT2D eigenvalue weighted by molar-refractivity contribution is 6.10. The van der Waals surface area contributed by atoms with Gasteiger partial charge in [-0.3, -0.25) is 19.3 Å². The summed E-state index contributed by atoms with van der Waals surface area (Å²) in [6.07, 6.45) is 1.10. The molecule has 0 unspecified atom stereocenters. The van der Waals surface area contributed by atoms with Gasteiger partial charge in [0.15, 0.2) is 0 Å². The molecule has 0 aliphatic carbocycles. The Morgan fingerprint density at radius 2 is 1.81 bits per heavy atom. The summed E-state index contributed by atoms with van der Waals surface area (Å²) in [5.41, 5.74) is 3.15. The van der Waals surface area contributed by atoms with Gasteiger partial charge in [-0.05, 0) is 43.0 Å². The predicted octanol–water partition coefficient (Wildman–Crippen LogP) is 3.12. The molecule has 6 nitrogen and oxygen atoms in total. The number of piperidine rings is 1. The van der Waals surface area contributed by atoms with E-state index in [0.717, 1.165) is 5.56 Å². The van der Waals surface area contributed by atoms with Crippen molar-refractivity contribution in [2.24, 2.45) is 5.92 Å². The molecule has 1 saturated heterocycles. The van der Waals surface area contributed by atoms with Crippen molar-refractivity contribution in [1.82, 2.24) is 15.1 Å². The van der Waals surface area contributed by atoms with Crippen molar-refractivity contribution in [3.8, 4) is 0 Å². The number of amides is 3. The summed E-state index contributed by atoms with van der Waals surface area (Å²) in [6.45, 7) is 6.80. The number of carbonyl (C=O) groups is 3. The molecule has 2 aromatic rings. The Balaban J connectivity index is 1.27. The van der Waals surface area contributed by atoms with Gasteiger partial charge in [0.25, 0.3) is 5.91 Å². The van der Waals surface area contributed by atoms with Crippen LogP contribution in [0.5, 0.6) is 0 Å². The van der Waals surface area contributed by atoms with Crippen LogP contribution in [-0.4, -0.2) is 47.2 Å². The predicted molar refractivity (Wildman–Crippen MR) is 119 cm³/mol. The number of carbonyl (C=O) groups excluding carboxylic acids is 3. The molecule has 1 fully saturated rings. The molecule has 1 N–H and O–H groups in total. The van der Waals surface area contributed by atoms with Gasteiger partial charge in [0.05, 0.1) is 0 Å². The van der Waals surface area contributed by atoms with Crippen molar-refractivity contribution in [1.29, 1.82) is 0 Å². The van der Waals surface area contributed by atoms with E-state index in [-0.39, 0.29) is 42.5 Å². The molecule has 4 rings (SSSR count). The van der Waals surface area contributed by atoms with Gasteiger partial charge in [-0.25, -0.2) is 4.39 Å². The van der Waals surface area contributed by atoms with Crippen LogP contribution in [0.1, 0.15) is 39.9 Å². The van der Waals surface area contributed by atoms with Crippen molar-refractivity contribution in [2.75, 3.05) is 19.6 Å². The number of fused-ring (bicyclic) bond motifs is 1. The molecule has 2 heterocycles. The van der Waals surface area contributed by atoms with E-state index < -0.39 is 0 Å². The van der Waals surface area contributed by atoms with Crippen LogP contribution in [0.25, 0.3) is 5.70 Å². The lowest BCUT2D eigenvalue weighted by Gasteiger charge is -2.32. The van der Waals surface area contributed by atoms with E-state index in [9.17, 15) is 18.8 Å². The van der Waals surface area contributed by atoms with Crippen LogP contribution in [0.3, 0.4) is 0 Å². The van der Waals surface area contributed by atoms with E-state index in [1.165, 1.54) is 11.0 Å². The van der Waals surface area contributed by atoms with Crippen LogP contribution in [0, 0.1) is 18.7 Å². The van der Waals surface area contributed by atoms with Crippen molar-refractivity contribution in [3.05, 3.63) is 77.1 Å². The number of nitrogens with one attached hydrogen (secondary N) is 1. The molecule has 0 bridgehead atoms. The number of likely N-dealkylation sites (tertiary alicyclic amines) is 1. The fourth-order valence-corrected chi connectivity index (χ4v) is 4.21. The first-order valence-corrected chi connectivity index (χ1v) is 10.8. The third kappa shape index (κ3) is 4.28. The Labute approximate surface area is 186 Å². The average molecular weight is 435 g/mol. The first-order chi connectivity index (χ1) is 15.3. The summed E-state index contributed by atoms with van der Waals surface area (Å²) in [5.74, 6) is -0.925. The normalized spacial score (nSPS) is 16.3. The summed E-state index contributed by atoms with van der Waals surface area (Å²) in [7, 11) is 0. The first-order valence-electron chi connectivity index (χ1n) is 10.8. The zero-order valence-electron chi connectivity index (χ0n) is 18.1. The number of hydrogen-bond donors (Lipinski definition) is 1. The molecule has 2 aromatic carbocycles. The Morgan fingerprint density at radius 3 is 2.47 bits per heavy atom. The number of benzene rings is 2. The molecule has 7 heteroatoms. The lowest BCUT2D eigenvalue weighted by molar-refractivity contribution is -0.135. The Kier molecular flexibility index (Phi) is 6.08. The third-order valence-electron chi connectivity index (χ3n) is 6.25. The lowest BCUT2D eigenvalue weighted by atomic mass is 9.95. The van der Waals surface area contributed by atoms with Gasteiger partial charge >= 0.3 is 0 Å². The van der Waals surface area contributed by atoms with Gasteiger partial charge in [0.1, 0.15) is 12.4 Å². The van der Waals surface area contributed by atoms with Crippen LogP contribution in [0.2, 0.25) is 0 Å². The Hall–Kier alpha value is -3.48. The summed E-state index contributed by atoms with van der Waals surface area (Å²) >= 11 is 0. The monoisotopic (exact) mass is 435 g/mol. The second-order valence-corrected chi connectivity index (χ2v) is 8.34. The molecule has 32 heavy (non-hydrogen) atoms. The molecule has 0 saturated carbocycles. The van der Waals surface area contributed by atoms with E-state index in [1.807, 2.05) is 12.1 Å². The van der Waals surface area contributed by atoms with Gasteiger partial charge in [-0.1, -0.05) is 36.9 Å². The van der Waals surface area contributed by atoms with Gasteiger partial charge in [0.2, 0.25) is 11.8 Å². The summed E-state index contributed by atoms with van der Waals surface area (Å²) < 4.78 is 13.7. The van der Waals surface area contributed by atoms with E-state index >= 15 is 0 Å². The molecule has 2 aliphatic rings. The number of rotatable bonds is 5. The van der Waals surface area contributed by atoms with E-state index in [1.54, 1.807) is 36.1 Å². The first kappa shape index (κ1) is 21.7. The lowest BCUT2D eigenvalue weighted by Crippen LogP contribution is -2.46. The molecule has 0 atom stereocenters. The second-order valence-electron chi connectivity index (χ2n) is 8.34. The minimum absolute atomic E-state index is 0.0534. The van der Waals surface area contributed by atoms with Crippen LogP contribution in [0.15, 0.2) is 49.0 Å². The minimum atomic E-state index is -0.286. The number of nitrogens with zero attached hydrogens (tertiary/aromatic N) is 2. The zero-order valence-corrected chi connectivity index (χ0v) is 18.1. The number of halogens is 1. The highest BCUT2D eigenvalue weighted by Crippen LogP contribution is 2.31. The van der Waals surface area contributed by atoms with E-state index in [4.69, 9.17) is 0 Å². The van der Waals surface area contributed by atoms with E-state index in [0.29, 0.717) is 48.3 Å². The molecule has 0 radical (unpaired) electrons. The topological polar surface area (TPSA) is 69.7 Å². The van der Waals surface area contributed by atoms with Crippen LogP contribution < -0.4 is 5.32 Å². The zero-order chi connectivity index (χ0) is 22.8. The van der Waals surface area contributed by atoms with Gasteiger partial charge in [-0.15, -0.1) is 0 Å². The number of hydrogen-bond acceptors (Lipinski definition) is 3. The summed E-state index contributed by atoms with van der Waals surface area (Å²) in [4.78, 5) is 41.0. The molecule has 0 aromatic heterocycles. The highest BCUT2D eigenvalue weighted by Gasteiger charge is 2.34. The van der Waals surface area contributed by atoms with Crippen molar-refractivity contribution < 1.29 is 18.8 Å². The van der Waals surface area contributed by atoms with Gasteiger partial charge in [-0.2, -0.15) is 0 Å². The van der Waals surface area contributed by atoms with Crippen molar-refractivity contribution in [3.63, 3.8) is 0 Å². The maximum Gasteiger partial charge on any atom is 0.259 e. The van der Waals surface area contributed by atoms with Gasteiger partial charge in [0, 0.05) is 42.4 Å². The molecule has 2 aliphatic heterocycles. The standard InChI is InChI=1S/C25H26FN3O3/c1-16-7-8-18(13-22(16)26)14-27-24(31)19-9-11-28(12-10-19)23(30)15-29-17(2)20-5-3-4-6-21(20)25(29)32/h3-8,13,19H,2,9-12,14-15H2,1H3,(H,27,31). The molecule has 0 spiro atoms. The summed E-state index contributed by atoms with van der Waals surface area (Å²) in [5, 5.41) is 2.87. The smallest absolute Gasteiger partial charge is 0.259 e. The maximum atomic E-state index is 13.7. The van der Waals surface area contributed by atoms with Crippen molar-refractivity contribution in [2.45, 2.75) is 26.3 Å². The van der Waals surface area contributed by atoms with Gasteiger partial charge < -0.3 is 10.2 Å². The maximum absolute atomic E-state index is 13.7. The average Bonchev–Trinajstić information content (AvgIpc) is 3.04. The Morgan fingerprint density at radius 1 is 1.12 bits per heavy atom. The summed E-state index contributed by atoms with van der Waals surface area (Å²) in [6, 6.07) is 12.1. The fourth-order valence-electron chi connectivity index (χ4n) is 4.21. The Bertz CT molecular complexity index is 1050. The molecule has 166 valence electrons. The highest BCUT2D eigenvalue weighted by atomic mass is 19.1. The van der Waals surface area contributed by atoms with E-state index in [2.05, 4.69) is 11.9 Å². The second kappa shape index (κ2) is 8.94. The third-order valence-corrected chi connectivity index (χ3v) is 6.25. The largest absolute Gasteiger partial charge is 0.352 e. The van der Waals surface area contributed by atoms with Crippen LogP contribution in [-0.2, 0) is 16.1 Å². The quantitative estimate of drug-likeness (QED) is 0.785. The molecular formula is C25H26FN3O3. The van der Waals surface area contributed by atoms with Crippen LogP contribution in [0.4, 0.5) is 4.39 Å². The SMILES string of the molecule is C=C1c2ccccc2C(=O)N1CC(=O)N1CCC(C(=O)NCc2ccc(C)c(F)c2)CC1. The molecule has 3 amide bonds. The fraction of sp³-hybridized carbons (Fsp3) is 0.320. The van der Waals surface area contributed by atoms with Crippen molar-refractivity contribution >= 4 is 23.4 Å². The minimum Gasteiger partial charge on any atom is -0.352 e.